The molecule has 2 aliphatic carbocycles. The Morgan fingerprint density at radius 2 is 1.79 bits per heavy atom. The van der Waals surface area contributed by atoms with E-state index in [2.05, 4.69) is 86.1 Å². The SMILES string of the molecule is C=C.C=C.[CH2][C@H]1CCC=C2C=C[C@H](C)[C@H](C)C21.[CH]=C([CH2])[C@@H](C)CC. The van der Waals surface area contributed by atoms with Crippen LogP contribution in [-0.2, 0) is 0 Å². The van der Waals surface area contributed by atoms with Crippen LogP contribution in [0.4, 0.5) is 0 Å². The van der Waals surface area contributed by atoms with Gasteiger partial charge in [-0.2, -0.15) is 0 Å². The van der Waals surface area contributed by atoms with Gasteiger partial charge in [0, 0.05) is 0 Å². The third kappa shape index (κ3) is 7.99. The molecule has 0 aromatic heterocycles. The molecule has 5 atom stereocenters. The monoisotopic (exact) mass is 327 g/mol. The molecule has 0 spiro atoms. The van der Waals surface area contributed by atoms with Crippen LogP contribution in [0.5, 0.6) is 0 Å². The molecular weight excluding hydrogens is 288 g/mol. The number of rotatable bonds is 2. The Labute approximate surface area is 153 Å². The summed E-state index contributed by atoms with van der Waals surface area (Å²) in [5, 5.41) is 0. The van der Waals surface area contributed by atoms with Crippen molar-refractivity contribution in [2.45, 2.75) is 47.0 Å². The van der Waals surface area contributed by atoms with Crippen molar-refractivity contribution >= 4 is 0 Å². The van der Waals surface area contributed by atoms with Crippen molar-refractivity contribution in [1.29, 1.82) is 0 Å². The Balaban J connectivity index is 0. The fourth-order valence-electron chi connectivity index (χ4n) is 2.99. The molecule has 0 aromatic carbocycles. The van der Waals surface area contributed by atoms with Gasteiger partial charge >= 0.3 is 0 Å². The predicted molar refractivity (Wildman–Crippen MR) is 112 cm³/mol. The summed E-state index contributed by atoms with van der Waals surface area (Å²) in [4.78, 5) is 0. The molecule has 0 heterocycles. The summed E-state index contributed by atoms with van der Waals surface area (Å²) in [5.74, 6) is 3.36. The largest absolute Gasteiger partial charge is 0.106 e. The minimum atomic E-state index is 0.486. The van der Waals surface area contributed by atoms with Crippen LogP contribution in [0.15, 0.2) is 55.7 Å². The maximum atomic E-state index is 5.35. The minimum absolute atomic E-state index is 0.486. The van der Waals surface area contributed by atoms with Gasteiger partial charge in [0.1, 0.15) is 0 Å². The van der Waals surface area contributed by atoms with Crippen molar-refractivity contribution in [3.63, 3.8) is 0 Å². The van der Waals surface area contributed by atoms with Crippen LogP contribution in [0.2, 0.25) is 0 Å². The Hall–Kier alpha value is -1.30. The summed E-state index contributed by atoms with van der Waals surface area (Å²) in [6, 6.07) is 0. The lowest BCUT2D eigenvalue weighted by Gasteiger charge is -2.39. The molecule has 0 N–H and O–H groups in total. The van der Waals surface area contributed by atoms with Crippen molar-refractivity contribution in [3.8, 4) is 0 Å². The van der Waals surface area contributed by atoms with Gasteiger partial charge in [-0.25, -0.2) is 0 Å². The highest BCUT2D eigenvalue weighted by Crippen LogP contribution is 2.42. The molecule has 2 rings (SSSR count). The number of hydrogen-bond donors (Lipinski definition) is 0. The van der Waals surface area contributed by atoms with E-state index in [1.54, 1.807) is 5.57 Å². The Kier molecular flexibility index (Phi) is 14.6. The summed E-state index contributed by atoms with van der Waals surface area (Å²) < 4.78 is 0. The third-order valence-corrected chi connectivity index (χ3v) is 5.04. The molecule has 24 heavy (non-hydrogen) atoms. The van der Waals surface area contributed by atoms with E-state index in [4.69, 9.17) is 6.58 Å². The van der Waals surface area contributed by atoms with E-state index in [0.29, 0.717) is 11.8 Å². The fourth-order valence-corrected chi connectivity index (χ4v) is 2.99. The second-order valence-corrected chi connectivity index (χ2v) is 6.53. The summed E-state index contributed by atoms with van der Waals surface area (Å²) in [6.45, 7) is 34.1. The molecule has 0 fully saturated rings. The van der Waals surface area contributed by atoms with Crippen molar-refractivity contribution in [2.24, 2.45) is 29.6 Å². The van der Waals surface area contributed by atoms with Gasteiger partial charge in [-0.05, 0) is 68.3 Å². The van der Waals surface area contributed by atoms with E-state index in [1.165, 1.54) is 12.8 Å². The second kappa shape index (κ2) is 14.1. The lowest BCUT2D eigenvalue weighted by atomic mass is 9.66. The topological polar surface area (TPSA) is 0 Å². The van der Waals surface area contributed by atoms with Crippen molar-refractivity contribution < 1.29 is 0 Å². The maximum Gasteiger partial charge on any atom is -0.0106 e. The molecular formula is C24H39. The quantitative estimate of drug-likeness (QED) is 0.462. The minimum Gasteiger partial charge on any atom is -0.106 e. The lowest BCUT2D eigenvalue weighted by molar-refractivity contribution is 0.249. The van der Waals surface area contributed by atoms with Gasteiger partial charge in [-0.3, -0.25) is 0 Å². The number of hydrogen-bond acceptors (Lipinski definition) is 0. The molecule has 1 unspecified atom stereocenters. The predicted octanol–water partition coefficient (Wildman–Crippen LogP) is 7.45. The summed E-state index contributed by atoms with van der Waals surface area (Å²) in [7, 11) is 0. The van der Waals surface area contributed by atoms with Crippen LogP contribution in [0.3, 0.4) is 0 Å². The smallest absolute Gasteiger partial charge is 0.0106 e. The van der Waals surface area contributed by atoms with Crippen LogP contribution >= 0.6 is 0 Å². The molecule has 135 valence electrons. The molecule has 0 heteroatoms. The fraction of sp³-hybridized carbons (Fsp3) is 0.500. The maximum absolute atomic E-state index is 5.35. The van der Waals surface area contributed by atoms with Gasteiger partial charge in [0.15, 0.2) is 0 Å². The van der Waals surface area contributed by atoms with Crippen LogP contribution in [0, 0.1) is 50.0 Å². The first-order valence-corrected chi connectivity index (χ1v) is 9.04. The van der Waals surface area contributed by atoms with Crippen molar-refractivity contribution in [3.05, 3.63) is 76.1 Å². The lowest BCUT2D eigenvalue weighted by Crippen LogP contribution is -2.30. The average Bonchev–Trinajstić information content (AvgIpc) is 2.61. The molecule has 0 bridgehead atoms. The van der Waals surface area contributed by atoms with E-state index < -0.39 is 0 Å². The van der Waals surface area contributed by atoms with Crippen molar-refractivity contribution in [2.75, 3.05) is 0 Å². The molecule has 0 nitrogen and oxygen atoms in total. The molecule has 3 radical (unpaired) electrons. The average molecular weight is 328 g/mol. The highest BCUT2D eigenvalue weighted by Gasteiger charge is 2.32. The van der Waals surface area contributed by atoms with Gasteiger partial charge in [-0.15, -0.1) is 26.3 Å². The van der Waals surface area contributed by atoms with Gasteiger partial charge in [0.05, 0.1) is 0 Å². The third-order valence-electron chi connectivity index (χ3n) is 5.04. The van der Waals surface area contributed by atoms with Crippen LogP contribution in [0.1, 0.15) is 47.0 Å². The van der Waals surface area contributed by atoms with Crippen LogP contribution in [-0.4, -0.2) is 0 Å². The van der Waals surface area contributed by atoms with Gasteiger partial charge in [0.25, 0.3) is 0 Å². The first-order valence-electron chi connectivity index (χ1n) is 9.04. The molecule has 0 aliphatic heterocycles. The zero-order chi connectivity index (χ0) is 19.3. The molecule has 0 amide bonds. The highest BCUT2D eigenvalue weighted by molar-refractivity contribution is 5.29. The van der Waals surface area contributed by atoms with Crippen LogP contribution < -0.4 is 0 Å². The molecule has 2 aliphatic rings. The summed E-state index contributed by atoms with van der Waals surface area (Å²) in [5.41, 5.74) is 2.35. The highest BCUT2D eigenvalue weighted by atomic mass is 14.4. The molecule has 0 saturated heterocycles. The summed E-state index contributed by atoms with van der Waals surface area (Å²) in [6.07, 6.45) is 10.7. The molecule has 0 saturated carbocycles. The van der Waals surface area contributed by atoms with Gasteiger partial charge < -0.3 is 0 Å². The van der Waals surface area contributed by atoms with Gasteiger partial charge in [-0.1, -0.05) is 58.1 Å². The van der Waals surface area contributed by atoms with E-state index in [9.17, 15) is 0 Å². The second-order valence-electron chi connectivity index (χ2n) is 6.53. The van der Waals surface area contributed by atoms with E-state index in [-0.39, 0.29) is 0 Å². The van der Waals surface area contributed by atoms with E-state index in [1.807, 2.05) is 0 Å². The zero-order valence-corrected chi connectivity index (χ0v) is 16.6. The Morgan fingerprint density at radius 3 is 2.21 bits per heavy atom. The zero-order valence-electron chi connectivity index (χ0n) is 16.6. The normalized spacial score (nSPS) is 28.2. The van der Waals surface area contributed by atoms with E-state index in [0.717, 1.165) is 29.7 Å². The first-order chi connectivity index (χ1) is 11.4. The van der Waals surface area contributed by atoms with Crippen LogP contribution in [0.25, 0.3) is 0 Å². The standard InChI is InChI=1S/C13H19.C7H12.2C2H4/c1-9-7-8-12-6-4-5-10(2)13(12)11(9)3;1-5-7(4)6(2)3;2*1-2/h6-11,13H,2,4-5H2,1,3H3;2,7H,3,5H2,1,4H3;2*1-2H2/t9-,10-,11-,13?;7-;;/m00../s1. The van der Waals surface area contributed by atoms with Crippen molar-refractivity contribution in [1.82, 2.24) is 0 Å². The number of fused-ring (bicyclic) bond motifs is 1. The Morgan fingerprint density at radius 1 is 1.25 bits per heavy atom. The summed E-state index contributed by atoms with van der Waals surface area (Å²) >= 11 is 0. The first kappa shape index (κ1) is 24.9. The Bertz CT molecular complexity index is 396. The number of allylic oxidation sites excluding steroid dienone is 5. The molecule has 0 aromatic rings. The van der Waals surface area contributed by atoms with E-state index >= 15 is 0 Å². The van der Waals surface area contributed by atoms with Gasteiger partial charge in [0.2, 0.25) is 0 Å².